The van der Waals surface area contributed by atoms with Crippen molar-refractivity contribution >= 4 is 11.6 Å². The Morgan fingerprint density at radius 3 is 2.62 bits per heavy atom. The maximum atomic E-state index is 13.0. The Balaban J connectivity index is 2.31. The number of hydrogen-bond acceptors (Lipinski definition) is 3. The Hall–Kier alpha value is -2.27. The van der Waals surface area contributed by atoms with E-state index in [0.717, 1.165) is 5.56 Å². The van der Waals surface area contributed by atoms with Gasteiger partial charge in [-0.1, -0.05) is 0 Å². The van der Waals surface area contributed by atoms with Crippen LogP contribution in [-0.4, -0.2) is 24.0 Å². The van der Waals surface area contributed by atoms with Crippen molar-refractivity contribution in [2.45, 2.75) is 13.3 Å². The van der Waals surface area contributed by atoms with Crippen LogP contribution in [0.4, 0.5) is 10.1 Å². The first kappa shape index (κ1) is 15.1. The molecule has 0 atom stereocenters. The van der Waals surface area contributed by atoms with Crippen molar-refractivity contribution in [3.05, 3.63) is 59.7 Å². The van der Waals surface area contributed by atoms with Crippen LogP contribution in [0.2, 0.25) is 0 Å². The predicted octanol–water partition coefficient (Wildman–Crippen LogP) is 2.52. The molecule has 0 unspecified atom stereocenters. The minimum absolute atomic E-state index is 0.161. The van der Waals surface area contributed by atoms with Crippen LogP contribution in [0.1, 0.15) is 22.3 Å². The van der Waals surface area contributed by atoms with E-state index in [2.05, 4.69) is 4.98 Å². The highest BCUT2D eigenvalue weighted by molar-refractivity contribution is 6.05. The van der Waals surface area contributed by atoms with Gasteiger partial charge >= 0.3 is 0 Å². The van der Waals surface area contributed by atoms with Gasteiger partial charge in [0, 0.05) is 24.6 Å². The van der Waals surface area contributed by atoms with Crippen LogP contribution in [0.3, 0.4) is 0 Å². The zero-order chi connectivity index (χ0) is 15.2. The molecule has 5 heteroatoms. The summed E-state index contributed by atoms with van der Waals surface area (Å²) in [6.07, 6.45) is 3.90. The van der Waals surface area contributed by atoms with Gasteiger partial charge in [-0.25, -0.2) is 4.39 Å². The van der Waals surface area contributed by atoms with Crippen LogP contribution >= 0.6 is 0 Å². The first-order valence-electron chi connectivity index (χ1n) is 6.81. The minimum Gasteiger partial charge on any atom is -0.330 e. The molecular formula is C16H18FN3O. The molecule has 2 rings (SSSR count). The van der Waals surface area contributed by atoms with Gasteiger partial charge in [0.15, 0.2) is 0 Å². The lowest BCUT2D eigenvalue weighted by Gasteiger charge is -2.22. The Bertz CT molecular complexity index is 613. The van der Waals surface area contributed by atoms with Crippen molar-refractivity contribution in [1.82, 2.24) is 4.98 Å². The van der Waals surface area contributed by atoms with Crippen LogP contribution in [0.5, 0.6) is 0 Å². The summed E-state index contributed by atoms with van der Waals surface area (Å²) in [7, 11) is 0. The van der Waals surface area contributed by atoms with Crippen LogP contribution in [-0.2, 0) is 0 Å². The average molecular weight is 287 g/mol. The van der Waals surface area contributed by atoms with E-state index in [1.165, 1.54) is 18.3 Å². The van der Waals surface area contributed by atoms with E-state index in [9.17, 15) is 9.18 Å². The second-order valence-corrected chi connectivity index (χ2v) is 4.83. The molecule has 0 saturated carbocycles. The van der Waals surface area contributed by atoms with Crippen LogP contribution in [0.25, 0.3) is 0 Å². The molecule has 21 heavy (non-hydrogen) atoms. The molecule has 2 aromatic rings. The number of carbonyl (C=O) groups excluding carboxylic acids is 1. The first-order chi connectivity index (χ1) is 10.1. The number of anilines is 1. The number of hydrogen-bond donors (Lipinski definition) is 1. The van der Waals surface area contributed by atoms with Gasteiger partial charge in [0.25, 0.3) is 5.91 Å². The first-order valence-corrected chi connectivity index (χ1v) is 6.81. The summed E-state index contributed by atoms with van der Waals surface area (Å²) in [5, 5.41) is 0. The van der Waals surface area contributed by atoms with E-state index >= 15 is 0 Å². The Kier molecular flexibility index (Phi) is 5.00. The molecule has 0 aliphatic rings. The summed E-state index contributed by atoms with van der Waals surface area (Å²) >= 11 is 0. The summed E-state index contributed by atoms with van der Waals surface area (Å²) in [4.78, 5) is 18.3. The number of pyridine rings is 1. The van der Waals surface area contributed by atoms with Gasteiger partial charge in [-0.05, 0) is 55.8 Å². The average Bonchev–Trinajstić information content (AvgIpc) is 2.49. The van der Waals surface area contributed by atoms with Crippen molar-refractivity contribution in [3.8, 4) is 0 Å². The van der Waals surface area contributed by atoms with Gasteiger partial charge in [-0.15, -0.1) is 0 Å². The Labute approximate surface area is 123 Å². The largest absolute Gasteiger partial charge is 0.330 e. The highest BCUT2D eigenvalue weighted by Gasteiger charge is 2.17. The van der Waals surface area contributed by atoms with Crippen molar-refractivity contribution in [2.24, 2.45) is 5.73 Å². The molecule has 0 bridgehead atoms. The van der Waals surface area contributed by atoms with E-state index in [1.54, 1.807) is 29.3 Å². The fourth-order valence-electron chi connectivity index (χ4n) is 2.05. The fourth-order valence-corrected chi connectivity index (χ4v) is 2.05. The second kappa shape index (κ2) is 6.95. The fraction of sp³-hybridized carbons (Fsp3) is 0.250. The maximum absolute atomic E-state index is 13.0. The predicted molar refractivity (Wildman–Crippen MR) is 80.7 cm³/mol. The topological polar surface area (TPSA) is 59.2 Å². The van der Waals surface area contributed by atoms with Crippen LogP contribution < -0.4 is 10.6 Å². The smallest absolute Gasteiger partial charge is 0.259 e. The standard InChI is InChI=1S/C16H18FN3O/c1-12-9-13(11-19-10-12)16(21)20(8-2-7-18)15-5-3-14(17)4-6-15/h3-6,9-11H,2,7-8,18H2,1H3. The third-order valence-electron chi connectivity index (χ3n) is 3.09. The number of amides is 1. The van der Waals surface area contributed by atoms with Crippen molar-refractivity contribution in [2.75, 3.05) is 18.0 Å². The van der Waals surface area contributed by atoms with Crippen molar-refractivity contribution in [3.63, 3.8) is 0 Å². The van der Waals surface area contributed by atoms with Crippen LogP contribution in [0.15, 0.2) is 42.7 Å². The van der Waals surface area contributed by atoms with Crippen molar-refractivity contribution < 1.29 is 9.18 Å². The molecule has 0 spiro atoms. The molecule has 1 aromatic carbocycles. The van der Waals surface area contributed by atoms with Crippen LogP contribution in [0, 0.1) is 12.7 Å². The quantitative estimate of drug-likeness (QED) is 0.919. The second-order valence-electron chi connectivity index (χ2n) is 4.83. The van der Waals surface area contributed by atoms with Gasteiger partial charge in [-0.2, -0.15) is 0 Å². The molecule has 1 heterocycles. The monoisotopic (exact) mass is 287 g/mol. The highest BCUT2D eigenvalue weighted by atomic mass is 19.1. The Morgan fingerprint density at radius 1 is 1.29 bits per heavy atom. The molecule has 0 aliphatic carbocycles. The van der Waals surface area contributed by atoms with E-state index in [-0.39, 0.29) is 11.7 Å². The summed E-state index contributed by atoms with van der Waals surface area (Å²) in [6, 6.07) is 7.65. The van der Waals surface area contributed by atoms with Crippen molar-refractivity contribution in [1.29, 1.82) is 0 Å². The molecule has 0 radical (unpaired) electrons. The summed E-state index contributed by atoms with van der Waals surface area (Å²) < 4.78 is 13.0. The van der Waals surface area contributed by atoms with Gasteiger partial charge in [0.2, 0.25) is 0 Å². The van der Waals surface area contributed by atoms with E-state index < -0.39 is 0 Å². The number of rotatable bonds is 5. The minimum atomic E-state index is -0.331. The third-order valence-corrected chi connectivity index (χ3v) is 3.09. The number of nitrogens with zero attached hydrogens (tertiary/aromatic N) is 2. The molecule has 0 aliphatic heterocycles. The molecular weight excluding hydrogens is 269 g/mol. The number of carbonyl (C=O) groups is 1. The Morgan fingerprint density at radius 2 is 2.00 bits per heavy atom. The number of benzene rings is 1. The zero-order valence-corrected chi connectivity index (χ0v) is 11.9. The van der Waals surface area contributed by atoms with Gasteiger partial charge < -0.3 is 10.6 Å². The molecule has 110 valence electrons. The zero-order valence-electron chi connectivity index (χ0n) is 11.9. The SMILES string of the molecule is Cc1cncc(C(=O)N(CCCN)c2ccc(F)cc2)c1. The molecule has 1 amide bonds. The number of halogens is 1. The van der Waals surface area contributed by atoms with E-state index in [1.807, 2.05) is 6.92 Å². The molecule has 0 fully saturated rings. The number of nitrogens with two attached hydrogens (primary N) is 1. The summed E-state index contributed by atoms with van der Waals surface area (Å²) in [5.41, 5.74) is 7.61. The number of aryl methyl sites for hydroxylation is 1. The van der Waals surface area contributed by atoms with Gasteiger partial charge in [0.1, 0.15) is 5.82 Å². The third kappa shape index (κ3) is 3.86. The number of aromatic nitrogens is 1. The molecule has 4 nitrogen and oxygen atoms in total. The molecule has 1 aromatic heterocycles. The lowest BCUT2D eigenvalue weighted by atomic mass is 10.1. The van der Waals surface area contributed by atoms with Gasteiger partial charge in [0.05, 0.1) is 5.56 Å². The maximum Gasteiger partial charge on any atom is 0.259 e. The molecule has 2 N–H and O–H groups in total. The highest BCUT2D eigenvalue weighted by Crippen LogP contribution is 2.18. The summed E-state index contributed by atoms with van der Waals surface area (Å²) in [5.74, 6) is -0.492. The summed E-state index contributed by atoms with van der Waals surface area (Å²) in [6.45, 7) is 2.85. The van der Waals surface area contributed by atoms with E-state index in [0.29, 0.717) is 30.8 Å². The molecule has 0 saturated heterocycles. The van der Waals surface area contributed by atoms with E-state index in [4.69, 9.17) is 5.73 Å². The normalized spacial score (nSPS) is 10.4. The lowest BCUT2D eigenvalue weighted by molar-refractivity contribution is 0.0986. The van der Waals surface area contributed by atoms with Gasteiger partial charge in [-0.3, -0.25) is 9.78 Å². The lowest BCUT2D eigenvalue weighted by Crippen LogP contribution is -2.33.